The van der Waals surface area contributed by atoms with Gasteiger partial charge in [0.05, 0.1) is 0 Å². The van der Waals surface area contributed by atoms with E-state index in [0.717, 1.165) is 25.9 Å². The summed E-state index contributed by atoms with van der Waals surface area (Å²) in [5.41, 5.74) is 0. The molecule has 0 saturated carbocycles. The highest BCUT2D eigenvalue weighted by atomic mass is 16.1. The number of carbonyl (C=O) groups is 1. The Hall–Kier alpha value is -0.370. The molecular formula is C12H25NO. The van der Waals surface area contributed by atoms with Crippen molar-refractivity contribution in [3.8, 4) is 0 Å². The van der Waals surface area contributed by atoms with Gasteiger partial charge in [-0.3, -0.25) is 4.79 Å². The second kappa shape index (κ2) is 9.20. The summed E-state index contributed by atoms with van der Waals surface area (Å²) in [6.07, 6.45) is 5.00. The second-order valence-electron chi connectivity index (χ2n) is 3.73. The Kier molecular flexibility index (Phi) is 8.95. The summed E-state index contributed by atoms with van der Waals surface area (Å²) >= 11 is 0. The first-order valence-corrected chi connectivity index (χ1v) is 5.98. The van der Waals surface area contributed by atoms with Crippen LogP contribution in [0.1, 0.15) is 52.9 Å². The monoisotopic (exact) mass is 199 g/mol. The number of nitrogens with zero attached hydrogens (tertiary/aromatic N) is 1. The van der Waals surface area contributed by atoms with Crippen molar-refractivity contribution in [3.05, 3.63) is 0 Å². The Morgan fingerprint density at radius 2 is 1.64 bits per heavy atom. The number of hydrogen-bond acceptors (Lipinski definition) is 2. The van der Waals surface area contributed by atoms with Gasteiger partial charge < -0.3 is 4.90 Å². The molecule has 0 amide bonds. The van der Waals surface area contributed by atoms with E-state index in [1.807, 2.05) is 6.92 Å². The maximum Gasteiger partial charge on any atom is 0.132 e. The van der Waals surface area contributed by atoms with E-state index >= 15 is 0 Å². The largest absolute Gasteiger partial charge is 0.304 e. The van der Waals surface area contributed by atoms with Crippen LogP contribution in [0.15, 0.2) is 0 Å². The summed E-state index contributed by atoms with van der Waals surface area (Å²) in [6.45, 7) is 9.81. The predicted octanol–water partition coefficient (Wildman–Crippen LogP) is 2.87. The molecule has 2 nitrogen and oxygen atoms in total. The minimum Gasteiger partial charge on any atom is -0.304 e. The zero-order chi connectivity index (χ0) is 10.8. The van der Waals surface area contributed by atoms with Gasteiger partial charge in [0.1, 0.15) is 5.78 Å². The summed E-state index contributed by atoms with van der Waals surface area (Å²) in [6, 6.07) is 0. The fourth-order valence-corrected chi connectivity index (χ4v) is 1.55. The molecule has 0 rings (SSSR count). The van der Waals surface area contributed by atoms with E-state index in [-0.39, 0.29) is 0 Å². The Morgan fingerprint density at radius 1 is 1.00 bits per heavy atom. The smallest absolute Gasteiger partial charge is 0.132 e. The van der Waals surface area contributed by atoms with Crippen LogP contribution in [0.5, 0.6) is 0 Å². The highest BCUT2D eigenvalue weighted by molar-refractivity contribution is 5.77. The predicted molar refractivity (Wildman–Crippen MR) is 61.6 cm³/mol. The van der Waals surface area contributed by atoms with E-state index in [0.29, 0.717) is 12.2 Å². The Bertz CT molecular complexity index is 141. The lowest BCUT2D eigenvalue weighted by Gasteiger charge is -2.17. The van der Waals surface area contributed by atoms with Gasteiger partial charge in [0.25, 0.3) is 0 Å². The minimum absolute atomic E-state index is 0.410. The van der Waals surface area contributed by atoms with E-state index < -0.39 is 0 Å². The van der Waals surface area contributed by atoms with Crippen molar-refractivity contribution in [3.63, 3.8) is 0 Å². The van der Waals surface area contributed by atoms with Gasteiger partial charge in [0.15, 0.2) is 0 Å². The van der Waals surface area contributed by atoms with Crippen molar-refractivity contribution in [1.82, 2.24) is 4.90 Å². The van der Waals surface area contributed by atoms with Crippen molar-refractivity contribution in [1.29, 1.82) is 0 Å². The lowest BCUT2D eigenvalue weighted by molar-refractivity contribution is -0.118. The summed E-state index contributed by atoms with van der Waals surface area (Å²) < 4.78 is 0. The molecule has 14 heavy (non-hydrogen) atoms. The first-order chi connectivity index (χ1) is 6.74. The molecule has 0 aromatic rings. The van der Waals surface area contributed by atoms with Crippen LogP contribution in [0.3, 0.4) is 0 Å². The van der Waals surface area contributed by atoms with Crippen LogP contribution in [0.4, 0.5) is 0 Å². The SMILES string of the molecule is CCC(=O)CCCCCN(CC)CC. The molecule has 0 N–H and O–H groups in total. The molecule has 0 aliphatic rings. The molecule has 0 aliphatic carbocycles. The van der Waals surface area contributed by atoms with Crippen molar-refractivity contribution < 1.29 is 4.79 Å². The van der Waals surface area contributed by atoms with Gasteiger partial charge in [-0.25, -0.2) is 0 Å². The zero-order valence-corrected chi connectivity index (χ0v) is 10.0. The average molecular weight is 199 g/mol. The molecule has 0 atom stereocenters. The molecule has 0 heterocycles. The van der Waals surface area contributed by atoms with Gasteiger partial charge in [-0.2, -0.15) is 0 Å². The maximum absolute atomic E-state index is 11.0. The minimum atomic E-state index is 0.410. The van der Waals surface area contributed by atoms with Crippen molar-refractivity contribution in [2.45, 2.75) is 52.9 Å². The van der Waals surface area contributed by atoms with E-state index in [1.54, 1.807) is 0 Å². The second-order valence-corrected chi connectivity index (χ2v) is 3.73. The molecule has 0 unspecified atom stereocenters. The van der Waals surface area contributed by atoms with Gasteiger partial charge in [0, 0.05) is 12.8 Å². The molecule has 0 aromatic heterocycles. The van der Waals surface area contributed by atoms with Crippen molar-refractivity contribution >= 4 is 5.78 Å². The topological polar surface area (TPSA) is 20.3 Å². The molecule has 0 aliphatic heterocycles. The fourth-order valence-electron chi connectivity index (χ4n) is 1.55. The van der Waals surface area contributed by atoms with Gasteiger partial charge in [-0.1, -0.05) is 27.2 Å². The van der Waals surface area contributed by atoms with Crippen LogP contribution < -0.4 is 0 Å². The molecule has 0 spiro atoms. The van der Waals surface area contributed by atoms with E-state index in [9.17, 15) is 4.79 Å². The zero-order valence-electron chi connectivity index (χ0n) is 10.0. The Morgan fingerprint density at radius 3 is 2.14 bits per heavy atom. The van der Waals surface area contributed by atoms with Crippen molar-refractivity contribution in [2.75, 3.05) is 19.6 Å². The number of Topliss-reactive ketones (excluding diaryl/α,β-unsaturated/α-hetero) is 1. The maximum atomic E-state index is 11.0. The number of carbonyl (C=O) groups excluding carboxylic acids is 1. The molecule has 0 aromatic carbocycles. The number of unbranched alkanes of at least 4 members (excludes halogenated alkanes) is 2. The number of rotatable bonds is 9. The summed E-state index contributed by atoms with van der Waals surface area (Å²) in [5, 5.41) is 0. The van der Waals surface area contributed by atoms with Crippen LogP contribution in [-0.4, -0.2) is 30.3 Å². The summed E-state index contributed by atoms with van der Waals surface area (Å²) in [4.78, 5) is 13.4. The van der Waals surface area contributed by atoms with E-state index in [2.05, 4.69) is 18.7 Å². The Balaban J connectivity index is 3.24. The fraction of sp³-hybridized carbons (Fsp3) is 0.917. The third-order valence-corrected chi connectivity index (χ3v) is 2.72. The average Bonchev–Trinajstić information content (AvgIpc) is 2.23. The summed E-state index contributed by atoms with van der Waals surface area (Å²) in [5.74, 6) is 0.410. The van der Waals surface area contributed by atoms with Crippen LogP contribution >= 0.6 is 0 Å². The van der Waals surface area contributed by atoms with Crippen LogP contribution in [0.25, 0.3) is 0 Å². The van der Waals surface area contributed by atoms with Crippen LogP contribution in [0, 0.1) is 0 Å². The molecule has 2 heteroatoms. The first kappa shape index (κ1) is 13.6. The quantitative estimate of drug-likeness (QED) is 0.532. The third kappa shape index (κ3) is 7.07. The Labute approximate surface area is 88.7 Å². The third-order valence-electron chi connectivity index (χ3n) is 2.72. The van der Waals surface area contributed by atoms with E-state index in [4.69, 9.17) is 0 Å². The van der Waals surface area contributed by atoms with Crippen molar-refractivity contribution in [2.24, 2.45) is 0 Å². The van der Waals surface area contributed by atoms with Gasteiger partial charge in [-0.05, 0) is 32.5 Å². The highest BCUT2D eigenvalue weighted by Gasteiger charge is 2.00. The molecule has 84 valence electrons. The lowest BCUT2D eigenvalue weighted by atomic mass is 10.1. The highest BCUT2D eigenvalue weighted by Crippen LogP contribution is 2.03. The molecule has 0 bridgehead atoms. The van der Waals surface area contributed by atoms with Gasteiger partial charge in [-0.15, -0.1) is 0 Å². The number of hydrogen-bond donors (Lipinski definition) is 0. The van der Waals surface area contributed by atoms with Gasteiger partial charge in [0.2, 0.25) is 0 Å². The first-order valence-electron chi connectivity index (χ1n) is 5.98. The number of ketones is 1. The van der Waals surface area contributed by atoms with Gasteiger partial charge >= 0.3 is 0 Å². The van der Waals surface area contributed by atoms with E-state index in [1.165, 1.54) is 19.4 Å². The molecular weight excluding hydrogens is 174 g/mol. The molecule has 0 fully saturated rings. The van der Waals surface area contributed by atoms with Crippen LogP contribution in [-0.2, 0) is 4.79 Å². The van der Waals surface area contributed by atoms with Crippen LogP contribution in [0.2, 0.25) is 0 Å². The lowest BCUT2D eigenvalue weighted by Crippen LogP contribution is -2.23. The normalized spacial score (nSPS) is 10.9. The molecule has 0 saturated heterocycles. The standard InChI is InChI=1S/C12H25NO/c1-4-12(14)10-8-7-9-11-13(5-2)6-3/h4-11H2,1-3H3. The summed E-state index contributed by atoms with van der Waals surface area (Å²) in [7, 11) is 0. The molecule has 0 radical (unpaired) electrons.